The third-order valence-electron chi connectivity index (χ3n) is 3.33. The lowest BCUT2D eigenvalue weighted by molar-refractivity contribution is -0.141. The van der Waals surface area contributed by atoms with Gasteiger partial charge in [-0.1, -0.05) is 31.5 Å². The molecular formula is C11H19N3O2S. The molecule has 96 valence electrons. The first kappa shape index (κ1) is 13.9. The summed E-state index contributed by atoms with van der Waals surface area (Å²) >= 11 is 5.05. The van der Waals surface area contributed by atoms with Crippen LogP contribution in [-0.2, 0) is 9.59 Å². The Bertz CT molecular complexity index is 338. The van der Waals surface area contributed by atoms with Crippen LogP contribution in [-0.4, -0.2) is 35.3 Å². The van der Waals surface area contributed by atoms with E-state index < -0.39 is 11.3 Å². The van der Waals surface area contributed by atoms with Gasteiger partial charge >= 0.3 is 0 Å². The summed E-state index contributed by atoms with van der Waals surface area (Å²) in [5.41, 5.74) is 10.1. The van der Waals surface area contributed by atoms with Gasteiger partial charge in [-0.15, -0.1) is 0 Å². The van der Waals surface area contributed by atoms with E-state index in [1.165, 1.54) is 4.90 Å². The second-order valence-electron chi connectivity index (χ2n) is 4.63. The van der Waals surface area contributed by atoms with E-state index in [1.54, 1.807) is 7.05 Å². The Kier molecular flexibility index (Phi) is 4.45. The molecule has 2 amide bonds. The second kappa shape index (κ2) is 5.44. The third-order valence-corrected chi connectivity index (χ3v) is 3.72. The molecule has 0 heterocycles. The van der Waals surface area contributed by atoms with Crippen molar-refractivity contribution in [2.45, 2.75) is 32.1 Å². The fourth-order valence-corrected chi connectivity index (χ4v) is 2.68. The van der Waals surface area contributed by atoms with Crippen LogP contribution in [0.25, 0.3) is 0 Å². The zero-order chi connectivity index (χ0) is 13.1. The number of thiocarbonyl (C=S) groups is 1. The van der Waals surface area contributed by atoms with Crippen molar-refractivity contribution in [1.29, 1.82) is 0 Å². The molecule has 1 rings (SSSR count). The maximum atomic E-state index is 12.3. The van der Waals surface area contributed by atoms with E-state index in [9.17, 15) is 9.59 Å². The fraction of sp³-hybridized carbons (Fsp3) is 0.727. The minimum Gasteiger partial charge on any atom is -0.392 e. The summed E-state index contributed by atoms with van der Waals surface area (Å²) in [5, 5.41) is 0. The molecule has 0 bridgehead atoms. The van der Waals surface area contributed by atoms with Crippen LogP contribution >= 0.6 is 12.2 Å². The molecule has 0 radical (unpaired) electrons. The van der Waals surface area contributed by atoms with Crippen LogP contribution in [0, 0.1) is 5.41 Å². The molecular weight excluding hydrogens is 238 g/mol. The standard InChI is InChI=1S/C11H19N3O2S/c1-14(7-8(12)15)10(16)11(9(13)17)5-3-2-4-6-11/h2-7H2,1H3,(H2,12,15)(H2,13,17). The molecule has 1 saturated carbocycles. The Morgan fingerprint density at radius 3 is 2.18 bits per heavy atom. The van der Waals surface area contributed by atoms with E-state index >= 15 is 0 Å². The van der Waals surface area contributed by atoms with E-state index in [0.29, 0.717) is 12.8 Å². The molecule has 0 aromatic heterocycles. The van der Waals surface area contributed by atoms with Gasteiger partial charge in [0, 0.05) is 7.05 Å². The van der Waals surface area contributed by atoms with Crippen molar-refractivity contribution in [3.8, 4) is 0 Å². The van der Waals surface area contributed by atoms with Crippen molar-refractivity contribution >= 4 is 29.0 Å². The highest BCUT2D eigenvalue weighted by atomic mass is 32.1. The maximum absolute atomic E-state index is 12.3. The molecule has 0 aromatic rings. The lowest BCUT2D eigenvalue weighted by Crippen LogP contribution is -2.52. The van der Waals surface area contributed by atoms with Gasteiger partial charge in [0.05, 0.1) is 16.9 Å². The smallest absolute Gasteiger partial charge is 0.237 e. The van der Waals surface area contributed by atoms with Gasteiger partial charge in [-0.3, -0.25) is 9.59 Å². The van der Waals surface area contributed by atoms with Gasteiger partial charge in [0.15, 0.2) is 0 Å². The number of likely N-dealkylation sites (N-methyl/N-ethyl adjacent to an activating group) is 1. The normalized spacial score (nSPS) is 18.4. The third kappa shape index (κ3) is 2.94. The SMILES string of the molecule is CN(CC(N)=O)C(=O)C1(C(N)=S)CCCCC1. The van der Waals surface area contributed by atoms with Crippen molar-refractivity contribution in [3.63, 3.8) is 0 Å². The Balaban J connectivity index is 2.87. The largest absolute Gasteiger partial charge is 0.392 e. The highest BCUT2D eigenvalue weighted by Crippen LogP contribution is 2.38. The minimum atomic E-state index is -0.766. The van der Waals surface area contributed by atoms with Crippen LogP contribution in [0.4, 0.5) is 0 Å². The number of carbonyl (C=O) groups is 2. The summed E-state index contributed by atoms with van der Waals surface area (Å²) in [6, 6.07) is 0. The Morgan fingerprint density at radius 2 is 1.76 bits per heavy atom. The average Bonchev–Trinajstić information content (AvgIpc) is 2.27. The van der Waals surface area contributed by atoms with Crippen LogP contribution in [0.2, 0.25) is 0 Å². The predicted octanol–water partition coefficient (Wildman–Crippen LogP) is 0.167. The van der Waals surface area contributed by atoms with E-state index in [2.05, 4.69) is 0 Å². The van der Waals surface area contributed by atoms with E-state index in [0.717, 1.165) is 19.3 Å². The number of hydrogen-bond donors (Lipinski definition) is 2. The monoisotopic (exact) mass is 257 g/mol. The first-order valence-corrected chi connectivity index (χ1v) is 6.15. The lowest BCUT2D eigenvalue weighted by atomic mass is 9.73. The Hall–Kier alpha value is -1.17. The van der Waals surface area contributed by atoms with E-state index in [-0.39, 0.29) is 17.4 Å². The van der Waals surface area contributed by atoms with Crippen molar-refractivity contribution < 1.29 is 9.59 Å². The van der Waals surface area contributed by atoms with Crippen LogP contribution in [0.3, 0.4) is 0 Å². The zero-order valence-electron chi connectivity index (χ0n) is 10.1. The first-order chi connectivity index (χ1) is 7.90. The highest BCUT2D eigenvalue weighted by Gasteiger charge is 2.44. The Labute approximate surface area is 107 Å². The summed E-state index contributed by atoms with van der Waals surface area (Å²) in [7, 11) is 1.56. The van der Waals surface area contributed by atoms with Crippen molar-refractivity contribution in [2.75, 3.05) is 13.6 Å². The van der Waals surface area contributed by atoms with Crippen molar-refractivity contribution in [3.05, 3.63) is 0 Å². The van der Waals surface area contributed by atoms with Gasteiger partial charge < -0.3 is 16.4 Å². The average molecular weight is 257 g/mol. The number of primary amides is 1. The molecule has 0 aliphatic heterocycles. The quantitative estimate of drug-likeness (QED) is 0.702. The number of rotatable bonds is 4. The van der Waals surface area contributed by atoms with Crippen LogP contribution in [0.5, 0.6) is 0 Å². The van der Waals surface area contributed by atoms with Crippen LogP contribution < -0.4 is 11.5 Å². The van der Waals surface area contributed by atoms with Gasteiger partial charge in [0.25, 0.3) is 0 Å². The maximum Gasteiger partial charge on any atom is 0.237 e. The highest BCUT2D eigenvalue weighted by molar-refractivity contribution is 7.80. The minimum absolute atomic E-state index is 0.0941. The zero-order valence-corrected chi connectivity index (χ0v) is 10.9. The predicted molar refractivity (Wildman–Crippen MR) is 69.1 cm³/mol. The molecule has 17 heavy (non-hydrogen) atoms. The van der Waals surface area contributed by atoms with Gasteiger partial charge in [0.1, 0.15) is 0 Å². The molecule has 6 heteroatoms. The van der Waals surface area contributed by atoms with Crippen LogP contribution in [0.1, 0.15) is 32.1 Å². The van der Waals surface area contributed by atoms with Gasteiger partial charge in [-0.25, -0.2) is 0 Å². The molecule has 0 spiro atoms. The van der Waals surface area contributed by atoms with Gasteiger partial charge in [-0.05, 0) is 12.8 Å². The molecule has 1 aliphatic rings. The molecule has 0 unspecified atom stereocenters. The molecule has 1 aliphatic carbocycles. The van der Waals surface area contributed by atoms with E-state index in [4.69, 9.17) is 23.7 Å². The first-order valence-electron chi connectivity index (χ1n) is 5.74. The summed E-state index contributed by atoms with van der Waals surface area (Å²) in [6.07, 6.45) is 4.31. The summed E-state index contributed by atoms with van der Waals surface area (Å²) in [4.78, 5) is 24.7. The number of nitrogens with zero attached hydrogens (tertiary/aromatic N) is 1. The van der Waals surface area contributed by atoms with Crippen molar-refractivity contribution in [1.82, 2.24) is 4.90 Å². The fourth-order valence-electron chi connectivity index (χ4n) is 2.39. The van der Waals surface area contributed by atoms with Crippen molar-refractivity contribution in [2.24, 2.45) is 16.9 Å². The van der Waals surface area contributed by atoms with Crippen LogP contribution in [0.15, 0.2) is 0 Å². The lowest BCUT2D eigenvalue weighted by Gasteiger charge is -2.37. The second-order valence-corrected chi connectivity index (χ2v) is 5.07. The molecule has 0 aromatic carbocycles. The Morgan fingerprint density at radius 1 is 1.24 bits per heavy atom. The summed E-state index contributed by atoms with van der Waals surface area (Å²) < 4.78 is 0. The molecule has 4 N–H and O–H groups in total. The van der Waals surface area contributed by atoms with Gasteiger partial charge in [0.2, 0.25) is 11.8 Å². The molecule has 0 atom stereocenters. The molecule has 1 fully saturated rings. The van der Waals surface area contributed by atoms with E-state index in [1.807, 2.05) is 0 Å². The number of amides is 2. The van der Waals surface area contributed by atoms with Gasteiger partial charge in [-0.2, -0.15) is 0 Å². The molecule has 0 saturated heterocycles. The molecule has 5 nitrogen and oxygen atoms in total. The number of carbonyl (C=O) groups excluding carboxylic acids is 2. The number of nitrogens with two attached hydrogens (primary N) is 2. The summed E-state index contributed by atoms with van der Waals surface area (Å²) in [5.74, 6) is -0.710. The summed E-state index contributed by atoms with van der Waals surface area (Å²) in [6.45, 7) is -0.0941. The topological polar surface area (TPSA) is 89.4 Å². The number of hydrogen-bond acceptors (Lipinski definition) is 3.